The molecule has 2 amide bonds. The smallest absolute Gasteiger partial charge is 0.283 e. The van der Waals surface area contributed by atoms with Gasteiger partial charge in [-0.3, -0.25) is 25.1 Å². The van der Waals surface area contributed by atoms with Crippen LogP contribution in [-0.4, -0.2) is 55.8 Å². The molecule has 11 nitrogen and oxygen atoms in total. The molecule has 178 valence electrons. The standard InChI is InChI=1S/C23H20N6O5S/c24-21-17(12-16-8-9-18(34-16)14-4-6-15(7-5-14)29(32)33)22(31)25-23-28(21)26-19(35-23)13-20(30)27-10-2-1-3-11-27/h4-9,12,24H,1-3,10-11,13H2/b17-12-,24-21?. The molecule has 5 rings (SSSR count). The summed E-state index contributed by atoms with van der Waals surface area (Å²) >= 11 is 1.13. The first-order valence-corrected chi connectivity index (χ1v) is 11.8. The Morgan fingerprint density at radius 1 is 1.17 bits per heavy atom. The van der Waals surface area contributed by atoms with Gasteiger partial charge in [0.05, 0.1) is 16.9 Å². The summed E-state index contributed by atoms with van der Waals surface area (Å²) in [5.41, 5.74) is 0.610. The normalized spacial score (nSPS) is 19.0. The summed E-state index contributed by atoms with van der Waals surface area (Å²) in [7, 11) is 0. The summed E-state index contributed by atoms with van der Waals surface area (Å²) in [5.74, 6) is 0.0156. The van der Waals surface area contributed by atoms with Gasteiger partial charge in [-0.15, -0.1) is 0 Å². The van der Waals surface area contributed by atoms with Gasteiger partial charge in [0.15, 0.2) is 5.84 Å². The number of nitro groups is 1. The highest BCUT2D eigenvalue weighted by atomic mass is 32.2. The van der Waals surface area contributed by atoms with Gasteiger partial charge in [0.25, 0.3) is 11.6 Å². The number of hydrogen-bond acceptors (Lipinski definition) is 8. The average Bonchev–Trinajstić information content (AvgIpc) is 3.49. The molecule has 0 bridgehead atoms. The van der Waals surface area contributed by atoms with Gasteiger partial charge in [0.1, 0.15) is 16.6 Å². The van der Waals surface area contributed by atoms with Crippen molar-refractivity contribution >= 4 is 51.4 Å². The topological polar surface area (TPSA) is 145 Å². The van der Waals surface area contributed by atoms with E-state index in [1.807, 2.05) is 4.90 Å². The third-order valence-corrected chi connectivity index (χ3v) is 6.69. The van der Waals surface area contributed by atoms with E-state index in [1.165, 1.54) is 23.2 Å². The largest absolute Gasteiger partial charge is 0.457 e. The Balaban J connectivity index is 1.32. The Labute approximate surface area is 203 Å². The molecular weight excluding hydrogens is 472 g/mol. The summed E-state index contributed by atoms with van der Waals surface area (Å²) in [6, 6.07) is 9.20. The number of aliphatic imine (C=N–C) groups is 1. The minimum absolute atomic E-state index is 0.00584. The Kier molecular flexibility index (Phi) is 6.03. The van der Waals surface area contributed by atoms with Gasteiger partial charge >= 0.3 is 0 Å². The second-order valence-corrected chi connectivity index (χ2v) is 9.18. The highest BCUT2D eigenvalue weighted by molar-refractivity contribution is 8.27. The Hall–Kier alpha value is -4.06. The van der Waals surface area contributed by atoms with Crippen LogP contribution >= 0.6 is 11.8 Å². The number of nitro benzene ring substituents is 1. The van der Waals surface area contributed by atoms with Crippen LogP contribution in [0.2, 0.25) is 0 Å². The average molecular weight is 493 g/mol. The zero-order chi connectivity index (χ0) is 24.5. The van der Waals surface area contributed by atoms with Crippen molar-refractivity contribution in [3.8, 4) is 11.3 Å². The molecule has 35 heavy (non-hydrogen) atoms. The lowest BCUT2D eigenvalue weighted by Gasteiger charge is -2.26. The van der Waals surface area contributed by atoms with E-state index in [1.54, 1.807) is 24.3 Å². The monoisotopic (exact) mass is 492 g/mol. The summed E-state index contributed by atoms with van der Waals surface area (Å²) in [4.78, 5) is 41.4. The van der Waals surface area contributed by atoms with Gasteiger partial charge in [-0.05, 0) is 61.4 Å². The maximum Gasteiger partial charge on any atom is 0.283 e. The van der Waals surface area contributed by atoms with Crippen LogP contribution in [-0.2, 0) is 9.59 Å². The van der Waals surface area contributed by atoms with Crippen molar-refractivity contribution < 1.29 is 18.9 Å². The van der Waals surface area contributed by atoms with Gasteiger partial charge in [-0.2, -0.15) is 15.1 Å². The number of piperidine rings is 1. The fourth-order valence-corrected chi connectivity index (χ4v) is 4.84. The first-order valence-electron chi connectivity index (χ1n) is 11.0. The third kappa shape index (κ3) is 4.64. The highest BCUT2D eigenvalue weighted by Gasteiger charge is 2.36. The van der Waals surface area contributed by atoms with Gasteiger partial charge in [-0.25, -0.2) is 0 Å². The molecule has 3 aliphatic rings. The van der Waals surface area contributed by atoms with Crippen LogP contribution in [0.25, 0.3) is 17.4 Å². The molecule has 1 aromatic heterocycles. The van der Waals surface area contributed by atoms with Gasteiger partial charge in [-0.1, -0.05) is 0 Å². The molecule has 1 N–H and O–H groups in total. The Morgan fingerprint density at radius 2 is 1.91 bits per heavy atom. The van der Waals surface area contributed by atoms with E-state index >= 15 is 0 Å². The van der Waals surface area contributed by atoms with E-state index in [9.17, 15) is 19.7 Å². The predicted octanol–water partition coefficient (Wildman–Crippen LogP) is 3.88. The van der Waals surface area contributed by atoms with Crippen molar-refractivity contribution in [1.82, 2.24) is 9.91 Å². The molecule has 1 aromatic carbocycles. The van der Waals surface area contributed by atoms with Crippen LogP contribution in [0.3, 0.4) is 0 Å². The van der Waals surface area contributed by atoms with Gasteiger partial charge in [0, 0.05) is 30.8 Å². The van der Waals surface area contributed by atoms with Crippen LogP contribution in [0.15, 0.2) is 56.5 Å². The number of fused-ring (bicyclic) bond motifs is 1. The molecular formula is C23H20N6O5S. The van der Waals surface area contributed by atoms with E-state index in [0.29, 0.717) is 22.1 Å². The fraction of sp³-hybridized carbons (Fsp3) is 0.261. The number of carbonyl (C=O) groups is 2. The molecule has 0 spiro atoms. The molecule has 2 aromatic rings. The first kappa shape index (κ1) is 22.7. The molecule has 4 heterocycles. The zero-order valence-corrected chi connectivity index (χ0v) is 19.3. The van der Waals surface area contributed by atoms with Crippen LogP contribution in [0.1, 0.15) is 31.4 Å². The van der Waals surface area contributed by atoms with Crippen molar-refractivity contribution in [3.05, 3.63) is 57.8 Å². The number of furan rings is 1. The number of amidine groups is 2. The summed E-state index contributed by atoms with van der Waals surface area (Å²) in [5, 5.41) is 25.7. The molecule has 0 radical (unpaired) electrons. The minimum atomic E-state index is -0.596. The lowest BCUT2D eigenvalue weighted by Crippen LogP contribution is -2.36. The number of hydrazone groups is 1. The zero-order valence-electron chi connectivity index (χ0n) is 18.5. The molecule has 1 fully saturated rings. The molecule has 0 unspecified atom stereocenters. The van der Waals surface area contributed by atoms with Gasteiger partial charge in [0.2, 0.25) is 11.1 Å². The number of carbonyl (C=O) groups excluding carboxylic acids is 2. The molecule has 3 aliphatic heterocycles. The number of non-ortho nitro benzene ring substituents is 1. The van der Waals surface area contributed by atoms with Crippen molar-refractivity contribution in [1.29, 1.82) is 5.41 Å². The quantitative estimate of drug-likeness (QED) is 0.379. The Morgan fingerprint density at radius 3 is 2.63 bits per heavy atom. The van der Waals surface area contributed by atoms with Crippen LogP contribution < -0.4 is 0 Å². The lowest BCUT2D eigenvalue weighted by atomic mass is 10.1. The number of likely N-dealkylation sites (tertiary alicyclic amines) is 1. The van der Waals surface area contributed by atoms with E-state index in [4.69, 9.17) is 9.83 Å². The molecule has 0 aliphatic carbocycles. The van der Waals surface area contributed by atoms with Crippen molar-refractivity contribution in [2.45, 2.75) is 25.7 Å². The number of hydrogen-bond donors (Lipinski definition) is 1. The maximum atomic E-state index is 12.6. The van der Waals surface area contributed by atoms with E-state index in [2.05, 4.69) is 10.1 Å². The lowest BCUT2D eigenvalue weighted by molar-refractivity contribution is -0.384. The molecule has 0 atom stereocenters. The first-order chi connectivity index (χ1) is 16.9. The van der Waals surface area contributed by atoms with Gasteiger partial charge < -0.3 is 9.32 Å². The van der Waals surface area contributed by atoms with E-state index in [0.717, 1.165) is 44.1 Å². The second-order valence-electron chi connectivity index (χ2n) is 8.14. The Bertz CT molecular complexity index is 1320. The molecule has 1 saturated heterocycles. The van der Waals surface area contributed by atoms with Crippen LogP contribution in [0.4, 0.5) is 5.69 Å². The molecule has 0 saturated carbocycles. The van der Waals surface area contributed by atoms with Crippen LogP contribution in [0.5, 0.6) is 0 Å². The number of benzene rings is 1. The van der Waals surface area contributed by atoms with Crippen molar-refractivity contribution in [2.75, 3.05) is 13.1 Å². The number of amides is 2. The summed E-state index contributed by atoms with van der Waals surface area (Å²) in [6.07, 6.45) is 4.64. The SMILES string of the molecule is N=C1/C(=C/c2ccc(-c3ccc([N+](=O)[O-])cc3)o2)C(=O)N=C2SC(CC(=O)N3CCCCC3)=NN12. The summed E-state index contributed by atoms with van der Waals surface area (Å²) in [6.45, 7) is 1.49. The van der Waals surface area contributed by atoms with Crippen LogP contribution in [0, 0.1) is 15.5 Å². The van der Waals surface area contributed by atoms with E-state index < -0.39 is 10.8 Å². The number of thioether (sulfide) groups is 1. The highest BCUT2D eigenvalue weighted by Crippen LogP contribution is 2.31. The third-order valence-electron chi connectivity index (χ3n) is 5.78. The van der Waals surface area contributed by atoms with Crippen molar-refractivity contribution in [3.63, 3.8) is 0 Å². The minimum Gasteiger partial charge on any atom is -0.457 e. The summed E-state index contributed by atoms with van der Waals surface area (Å²) < 4.78 is 5.77. The number of nitrogens with one attached hydrogen (secondary N) is 1. The van der Waals surface area contributed by atoms with Crippen molar-refractivity contribution in [2.24, 2.45) is 10.1 Å². The molecule has 12 heteroatoms. The number of rotatable bonds is 5. The predicted molar refractivity (Wildman–Crippen MR) is 131 cm³/mol. The maximum absolute atomic E-state index is 12.6. The van der Waals surface area contributed by atoms with E-state index in [-0.39, 0.29) is 34.6 Å². The fourth-order valence-electron chi connectivity index (χ4n) is 3.96. The number of nitrogens with zero attached hydrogens (tertiary/aromatic N) is 5. The second kappa shape index (κ2) is 9.29.